The molecule has 9 rings (SSSR count). The number of imidazole rings is 1. The van der Waals surface area contributed by atoms with E-state index in [4.69, 9.17) is 4.42 Å². The average Bonchev–Trinajstić information content (AvgIpc) is 3.68. The first-order chi connectivity index (χ1) is 21.1. The molecule has 44 heavy (non-hydrogen) atoms. The third-order valence-electron chi connectivity index (χ3n) is 10.1. The van der Waals surface area contributed by atoms with Gasteiger partial charge in [-0.3, -0.25) is 0 Å². The van der Waals surface area contributed by atoms with Crippen LogP contribution in [0.25, 0.3) is 55.6 Å². The SMILES string of the molecule is Cc1ccc2c(c1)C1(c3ccc4c(oc5ccccc54)c3-c3n1c1ccccc1[n+]3C(C)C)[n+]1cc([Si](C)(C)C)c(C)cc1-2. The Hall–Kier alpha value is -4.48. The van der Waals surface area contributed by atoms with Crippen LogP contribution in [0.2, 0.25) is 19.6 Å². The van der Waals surface area contributed by atoms with E-state index in [0.29, 0.717) is 0 Å². The first kappa shape index (κ1) is 26.0. The Bertz CT molecular complexity index is 2390. The van der Waals surface area contributed by atoms with Crippen LogP contribution in [0.4, 0.5) is 0 Å². The molecule has 1 unspecified atom stereocenters. The minimum atomic E-state index is -1.67. The standard InChI is InChI=1S/C39H37N3OSi/c1-23(2)41-31-13-9-10-14-32(31)42-38(41)36-29(19-18-27-26-12-8-11-15-34(26)43-37(27)36)39(42)30-20-24(3)16-17-28(30)33-21-25(4)35(22-40(33)39)44(5,6)7/h8-23H,1-7H3/q+2. The van der Waals surface area contributed by atoms with Gasteiger partial charge in [0.25, 0.3) is 0 Å². The van der Waals surface area contributed by atoms with Crippen LogP contribution in [-0.4, -0.2) is 12.6 Å². The molecule has 2 aliphatic rings. The number of furan rings is 1. The molecule has 1 spiro atoms. The van der Waals surface area contributed by atoms with Gasteiger partial charge in [0.15, 0.2) is 22.8 Å². The van der Waals surface area contributed by atoms with Gasteiger partial charge in [-0.25, -0.2) is 4.57 Å². The van der Waals surface area contributed by atoms with Crippen molar-refractivity contribution in [2.75, 3.05) is 0 Å². The molecule has 4 aromatic carbocycles. The van der Waals surface area contributed by atoms with Gasteiger partial charge in [-0.15, -0.1) is 4.57 Å². The number of rotatable bonds is 2. The molecular formula is C39H37N3OSi+2. The lowest BCUT2D eigenvalue weighted by Crippen LogP contribution is -2.61. The quantitative estimate of drug-likeness (QED) is 0.147. The van der Waals surface area contributed by atoms with Gasteiger partial charge >= 0.3 is 11.5 Å². The van der Waals surface area contributed by atoms with E-state index in [-0.39, 0.29) is 6.04 Å². The van der Waals surface area contributed by atoms with Gasteiger partial charge in [-0.1, -0.05) is 61.6 Å². The van der Waals surface area contributed by atoms with Crippen molar-refractivity contribution in [3.8, 4) is 22.6 Å². The highest BCUT2D eigenvalue weighted by molar-refractivity contribution is 6.88. The van der Waals surface area contributed by atoms with Crippen molar-refractivity contribution in [1.82, 2.24) is 4.57 Å². The molecule has 5 heteroatoms. The van der Waals surface area contributed by atoms with Crippen molar-refractivity contribution >= 4 is 46.2 Å². The number of pyridine rings is 1. The molecule has 0 bridgehead atoms. The molecule has 1 atom stereocenters. The fourth-order valence-electron chi connectivity index (χ4n) is 8.41. The van der Waals surface area contributed by atoms with Gasteiger partial charge < -0.3 is 4.42 Å². The van der Waals surface area contributed by atoms with E-state index < -0.39 is 13.7 Å². The highest BCUT2D eigenvalue weighted by Gasteiger charge is 2.67. The lowest BCUT2D eigenvalue weighted by atomic mass is 9.88. The Morgan fingerprint density at radius 2 is 1.59 bits per heavy atom. The van der Waals surface area contributed by atoms with Crippen LogP contribution in [0.5, 0.6) is 0 Å². The molecule has 0 radical (unpaired) electrons. The van der Waals surface area contributed by atoms with Crippen molar-refractivity contribution in [3.63, 3.8) is 0 Å². The summed E-state index contributed by atoms with van der Waals surface area (Å²) in [6, 6.07) is 31.9. The molecule has 0 aliphatic carbocycles. The van der Waals surface area contributed by atoms with E-state index in [1.54, 1.807) is 0 Å². The Balaban J connectivity index is 1.58. The van der Waals surface area contributed by atoms with Crippen molar-refractivity contribution in [3.05, 3.63) is 113 Å². The maximum Gasteiger partial charge on any atom is 0.364 e. The Morgan fingerprint density at radius 3 is 2.39 bits per heavy atom. The zero-order valence-electron chi connectivity index (χ0n) is 26.5. The van der Waals surface area contributed by atoms with Gasteiger partial charge in [0.05, 0.1) is 30.8 Å². The van der Waals surface area contributed by atoms with E-state index in [9.17, 15) is 0 Å². The number of fused-ring (bicyclic) bond motifs is 16. The van der Waals surface area contributed by atoms with E-state index in [0.717, 1.165) is 16.6 Å². The molecule has 7 aromatic rings. The number of para-hydroxylation sites is 3. The molecule has 0 saturated carbocycles. The molecule has 0 saturated heterocycles. The Morgan fingerprint density at radius 1 is 0.818 bits per heavy atom. The summed E-state index contributed by atoms with van der Waals surface area (Å²) in [5.41, 5.74) is 12.8. The predicted octanol–water partition coefficient (Wildman–Crippen LogP) is 8.12. The van der Waals surface area contributed by atoms with Crippen LogP contribution >= 0.6 is 0 Å². The highest BCUT2D eigenvalue weighted by Crippen LogP contribution is 2.55. The summed E-state index contributed by atoms with van der Waals surface area (Å²) in [4.78, 5) is 0. The molecule has 3 aromatic heterocycles. The zero-order valence-corrected chi connectivity index (χ0v) is 27.5. The summed E-state index contributed by atoms with van der Waals surface area (Å²) in [6.45, 7) is 16.5. The monoisotopic (exact) mass is 591 g/mol. The van der Waals surface area contributed by atoms with Crippen molar-refractivity contribution in [1.29, 1.82) is 0 Å². The number of hydrogen-bond acceptors (Lipinski definition) is 1. The van der Waals surface area contributed by atoms with Crippen molar-refractivity contribution in [2.45, 2.75) is 59.0 Å². The largest absolute Gasteiger partial charge is 0.455 e. The molecule has 216 valence electrons. The van der Waals surface area contributed by atoms with Gasteiger partial charge in [-0.2, -0.15) is 4.57 Å². The number of aryl methyl sites for hydroxylation is 2. The number of benzene rings is 4. The summed E-state index contributed by atoms with van der Waals surface area (Å²) >= 11 is 0. The second-order valence-electron chi connectivity index (χ2n) is 14.2. The topological polar surface area (TPSA) is 25.8 Å². The lowest BCUT2D eigenvalue weighted by Gasteiger charge is -2.23. The first-order valence-corrected chi connectivity index (χ1v) is 19.3. The molecule has 0 fully saturated rings. The Labute approximate surface area is 258 Å². The molecule has 2 aliphatic heterocycles. The van der Waals surface area contributed by atoms with Crippen LogP contribution in [0.15, 0.2) is 95.5 Å². The molecule has 0 amide bonds. The molecule has 4 nitrogen and oxygen atoms in total. The van der Waals surface area contributed by atoms with E-state index in [2.05, 4.69) is 152 Å². The molecular weight excluding hydrogens is 555 g/mol. The van der Waals surface area contributed by atoms with E-state index in [1.165, 1.54) is 66.5 Å². The fourth-order valence-corrected chi connectivity index (χ4v) is 10.2. The second-order valence-corrected chi connectivity index (χ2v) is 19.2. The molecule has 0 N–H and O–H groups in total. The smallest absolute Gasteiger partial charge is 0.364 e. The van der Waals surface area contributed by atoms with Crippen molar-refractivity contribution in [2.24, 2.45) is 0 Å². The number of aromatic nitrogens is 3. The number of nitrogens with zero attached hydrogens (tertiary/aromatic N) is 3. The van der Waals surface area contributed by atoms with Gasteiger partial charge in [0.2, 0.25) is 5.69 Å². The van der Waals surface area contributed by atoms with Gasteiger partial charge in [-0.05, 0) is 75.7 Å². The first-order valence-electron chi connectivity index (χ1n) is 15.8. The summed E-state index contributed by atoms with van der Waals surface area (Å²) < 4.78 is 14.7. The average molecular weight is 592 g/mol. The highest BCUT2D eigenvalue weighted by atomic mass is 28.3. The second kappa shape index (κ2) is 8.36. The Kier molecular flexibility index (Phi) is 4.93. The van der Waals surface area contributed by atoms with Crippen LogP contribution in [0, 0.1) is 13.8 Å². The third kappa shape index (κ3) is 2.98. The molecule has 5 heterocycles. The third-order valence-corrected chi connectivity index (χ3v) is 12.2. The van der Waals surface area contributed by atoms with E-state index in [1.807, 2.05) is 0 Å². The summed E-state index contributed by atoms with van der Waals surface area (Å²) in [5, 5.41) is 3.83. The van der Waals surface area contributed by atoms with Crippen LogP contribution < -0.4 is 14.3 Å². The fraction of sp³-hybridized carbons (Fsp3) is 0.231. The predicted molar refractivity (Wildman–Crippen MR) is 181 cm³/mol. The van der Waals surface area contributed by atoms with Crippen molar-refractivity contribution < 1.29 is 13.6 Å². The van der Waals surface area contributed by atoms with Crippen LogP contribution in [0.1, 0.15) is 42.1 Å². The normalized spacial score (nSPS) is 16.8. The maximum atomic E-state index is 6.85. The van der Waals surface area contributed by atoms with Crippen LogP contribution in [0.3, 0.4) is 0 Å². The van der Waals surface area contributed by atoms with Gasteiger partial charge in [0, 0.05) is 22.0 Å². The number of hydrogen-bond donors (Lipinski definition) is 0. The van der Waals surface area contributed by atoms with Crippen LogP contribution in [-0.2, 0) is 5.66 Å². The van der Waals surface area contributed by atoms with Gasteiger partial charge in [0.1, 0.15) is 11.1 Å². The zero-order chi connectivity index (χ0) is 30.3. The maximum absolute atomic E-state index is 6.85. The summed E-state index contributed by atoms with van der Waals surface area (Å²) in [6.07, 6.45) is 2.52. The minimum absolute atomic E-state index is 0.247. The lowest BCUT2D eigenvalue weighted by molar-refractivity contribution is -0.735. The summed E-state index contributed by atoms with van der Waals surface area (Å²) in [5.74, 6) is 1.21. The minimum Gasteiger partial charge on any atom is -0.455 e. The summed E-state index contributed by atoms with van der Waals surface area (Å²) in [7, 11) is -1.67. The van der Waals surface area contributed by atoms with E-state index >= 15 is 0 Å².